The third-order valence-electron chi connectivity index (χ3n) is 5.35. The minimum Gasteiger partial charge on any atom is -0.493 e. The normalized spacial score (nSPS) is 12.0. The summed E-state index contributed by atoms with van der Waals surface area (Å²) >= 11 is 0. The van der Waals surface area contributed by atoms with Gasteiger partial charge >= 0.3 is 0 Å². The van der Waals surface area contributed by atoms with Gasteiger partial charge in [0.1, 0.15) is 0 Å². The van der Waals surface area contributed by atoms with Crippen molar-refractivity contribution < 1.29 is 19.0 Å². The number of carbonyl (C=O) groups is 1. The molecular formula is C24H30N2O4. The number of hydrogen-bond donors (Lipinski definition) is 1. The predicted molar refractivity (Wildman–Crippen MR) is 118 cm³/mol. The van der Waals surface area contributed by atoms with Gasteiger partial charge in [0.15, 0.2) is 11.5 Å². The molecule has 0 fully saturated rings. The van der Waals surface area contributed by atoms with Crippen LogP contribution in [-0.2, 0) is 16.6 Å². The molecule has 1 aromatic heterocycles. The van der Waals surface area contributed by atoms with Crippen LogP contribution in [0.3, 0.4) is 0 Å². The molecule has 1 unspecified atom stereocenters. The topological polar surface area (TPSA) is 61.7 Å². The Morgan fingerprint density at radius 3 is 2.57 bits per heavy atom. The van der Waals surface area contributed by atoms with Crippen LogP contribution in [0.1, 0.15) is 29.9 Å². The molecule has 160 valence electrons. The van der Waals surface area contributed by atoms with Crippen LogP contribution in [0.25, 0.3) is 10.9 Å². The molecule has 6 heteroatoms. The lowest BCUT2D eigenvalue weighted by atomic mass is 9.87. The third kappa shape index (κ3) is 4.76. The number of nitrogens with zero attached hydrogens (tertiary/aromatic N) is 1. The lowest BCUT2D eigenvalue weighted by Gasteiger charge is -2.19. The highest BCUT2D eigenvalue weighted by Crippen LogP contribution is 2.38. The Morgan fingerprint density at radius 2 is 1.83 bits per heavy atom. The first kappa shape index (κ1) is 21.7. The molecule has 0 aliphatic rings. The first-order chi connectivity index (χ1) is 14.6. The second kappa shape index (κ2) is 10.2. The molecule has 2 aromatic carbocycles. The Hall–Kier alpha value is -2.99. The van der Waals surface area contributed by atoms with Crippen molar-refractivity contribution >= 4 is 16.8 Å². The second-order valence-corrected chi connectivity index (χ2v) is 7.28. The molecule has 1 amide bonds. The maximum Gasteiger partial charge on any atom is 0.220 e. The Balaban J connectivity index is 1.98. The van der Waals surface area contributed by atoms with Crippen LogP contribution in [0.2, 0.25) is 0 Å². The number of para-hydroxylation sites is 1. The maximum atomic E-state index is 12.8. The van der Waals surface area contributed by atoms with Crippen LogP contribution in [0.5, 0.6) is 11.5 Å². The van der Waals surface area contributed by atoms with E-state index in [1.807, 2.05) is 37.4 Å². The van der Waals surface area contributed by atoms with Gasteiger partial charge in [0, 0.05) is 56.7 Å². The molecule has 0 spiro atoms. The van der Waals surface area contributed by atoms with Crippen LogP contribution >= 0.6 is 0 Å². The molecule has 1 atom stereocenters. The van der Waals surface area contributed by atoms with Crippen molar-refractivity contribution in [2.24, 2.45) is 7.05 Å². The predicted octanol–water partition coefficient (Wildman–Crippen LogP) is 3.87. The van der Waals surface area contributed by atoms with Crippen LogP contribution in [-0.4, -0.2) is 45.0 Å². The summed E-state index contributed by atoms with van der Waals surface area (Å²) < 4.78 is 18.1. The van der Waals surface area contributed by atoms with E-state index in [-0.39, 0.29) is 11.8 Å². The minimum absolute atomic E-state index is 0.0128. The summed E-state index contributed by atoms with van der Waals surface area (Å²) in [6.07, 6.45) is 3.25. The average molecular weight is 411 g/mol. The van der Waals surface area contributed by atoms with Gasteiger partial charge in [-0.15, -0.1) is 0 Å². The van der Waals surface area contributed by atoms with E-state index in [4.69, 9.17) is 14.2 Å². The van der Waals surface area contributed by atoms with E-state index in [0.717, 1.165) is 28.5 Å². The highest BCUT2D eigenvalue weighted by molar-refractivity contribution is 5.86. The largest absolute Gasteiger partial charge is 0.493 e. The molecule has 1 N–H and O–H groups in total. The Morgan fingerprint density at radius 1 is 1.07 bits per heavy atom. The monoisotopic (exact) mass is 410 g/mol. The average Bonchev–Trinajstić information content (AvgIpc) is 3.11. The minimum atomic E-state index is -0.113. The van der Waals surface area contributed by atoms with E-state index < -0.39 is 0 Å². The molecule has 0 saturated heterocycles. The van der Waals surface area contributed by atoms with Crippen molar-refractivity contribution in [2.45, 2.75) is 18.8 Å². The van der Waals surface area contributed by atoms with E-state index in [0.29, 0.717) is 31.1 Å². The number of aromatic nitrogens is 1. The van der Waals surface area contributed by atoms with Crippen LogP contribution in [0, 0.1) is 0 Å². The summed E-state index contributed by atoms with van der Waals surface area (Å²) in [4.78, 5) is 12.8. The zero-order valence-corrected chi connectivity index (χ0v) is 18.1. The fraction of sp³-hybridized carbons (Fsp3) is 0.375. The molecule has 3 aromatic rings. The van der Waals surface area contributed by atoms with Crippen molar-refractivity contribution in [3.05, 3.63) is 59.8 Å². The molecule has 0 saturated carbocycles. The van der Waals surface area contributed by atoms with E-state index in [9.17, 15) is 4.79 Å². The first-order valence-electron chi connectivity index (χ1n) is 10.1. The van der Waals surface area contributed by atoms with Crippen molar-refractivity contribution in [1.29, 1.82) is 0 Å². The summed E-state index contributed by atoms with van der Waals surface area (Å²) in [6, 6.07) is 14.1. The zero-order valence-electron chi connectivity index (χ0n) is 18.1. The van der Waals surface area contributed by atoms with E-state index in [2.05, 4.69) is 28.2 Å². The number of ether oxygens (including phenoxy) is 3. The summed E-state index contributed by atoms with van der Waals surface area (Å²) in [6.45, 7) is 1.23. The molecule has 30 heavy (non-hydrogen) atoms. The van der Waals surface area contributed by atoms with E-state index >= 15 is 0 Å². The van der Waals surface area contributed by atoms with Crippen LogP contribution in [0.4, 0.5) is 0 Å². The number of rotatable bonds is 10. The Labute approximate surface area is 177 Å². The van der Waals surface area contributed by atoms with Crippen LogP contribution in [0.15, 0.2) is 48.7 Å². The quantitative estimate of drug-likeness (QED) is 0.516. The summed E-state index contributed by atoms with van der Waals surface area (Å²) in [7, 11) is 6.93. The van der Waals surface area contributed by atoms with E-state index in [1.54, 1.807) is 21.3 Å². The number of methoxy groups -OCH3 is 3. The summed E-state index contributed by atoms with van der Waals surface area (Å²) in [5.74, 6) is 1.22. The molecule has 0 radical (unpaired) electrons. The van der Waals surface area contributed by atoms with Gasteiger partial charge in [-0.3, -0.25) is 4.79 Å². The van der Waals surface area contributed by atoms with Gasteiger partial charge in [-0.1, -0.05) is 24.3 Å². The van der Waals surface area contributed by atoms with Crippen molar-refractivity contribution in [3.8, 4) is 11.5 Å². The van der Waals surface area contributed by atoms with Gasteiger partial charge in [0.2, 0.25) is 5.91 Å². The highest BCUT2D eigenvalue weighted by atomic mass is 16.5. The van der Waals surface area contributed by atoms with Crippen molar-refractivity contribution in [1.82, 2.24) is 9.88 Å². The van der Waals surface area contributed by atoms with Gasteiger partial charge in [0.05, 0.1) is 14.2 Å². The SMILES string of the molecule is COCCCNC(=O)CC(c1ccc(OC)c(OC)c1)c1cn(C)c2ccccc12. The number of nitrogens with one attached hydrogen (secondary N) is 1. The van der Waals surface area contributed by atoms with Crippen molar-refractivity contribution in [3.63, 3.8) is 0 Å². The van der Waals surface area contributed by atoms with Gasteiger partial charge in [-0.05, 0) is 35.7 Å². The van der Waals surface area contributed by atoms with Crippen molar-refractivity contribution in [2.75, 3.05) is 34.5 Å². The number of aryl methyl sites for hydroxylation is 1. The van der Waals surface area contributed by atoms with Gasteiger partial charge in [0.25, 0.3) is 0 Å². The number of hydrogen-bond acceptors (Lipinski definition) is 4. The number of amides is 1. The molecule has 0 bridgehead atoms. The zero-order chi connectivity index (χ0) is 21.5. The molecule has 0 aliphatic heterocycles. The highest BCUT2D eigenvalue weighted by Gasteiger charge is 2.23. The summed E-state index contributed by atoms with van der Waals surface area (Å²) in [5, 5.41) is 4.16. The maximum absolute atomic E-state index is 12.8. The Bertz CT molecular complexity index is 996. The number of fused-ring (bicyclic) bond motifs is 1. The fourth-order valence-electron chi connectivity index (χ4n) is 3.83. The van der Waals surface area contributed by atoms with E-state index in [1.165, 1.54) is 0 Å². The van der Waals surface area contributed by atoms with Gasteiger partial charge < -0.3 is 24.1 Å². The smallest absolute Gasteiger partial charge is 0.220 e. The lowest BCUT2D eigenvalue weighted by Crippen LogP contribution is -2.27. The number of carbonyl (C=O) groups excluding carboxylic acids is 1. The third-order valence-corrected chi connectivity index (χ3v) is 5.35. The first-order valence-corrected chi connectivity index (χ1v) is 10.1. The lowest BCUT2D eigenvalue weighted by molar-refractivity contribution is -0.121. The second-order valence-electron chi connectivity index (χ2n) is 7.28. The molecule has 0 aliphatic carbocycles. The Kier molecular flexibility index (Phi) is 7.36. The number of benzene rings is 2. The van der Waals surface area contributed by atoms with Crippen LogP contribution < -0.4 is 14.8 Å². The standard InChI is InChI=1S/C24H30N2O4/c1-26-16-20(18-8-5-6-9-21(18)26)19(15-24(27)25-12-7-13-28-2)17-10-11-22(29-3)23(14-17)30-4/h5-6,8-11,14,16,19H,7,12-13,15H2,1-4H3,(H,25,27). The van der Waals surface area contributed by atoms with Gasteiger partial charge in [-0.2, -0.15) is 0 Å². The molecule has 3 rings (SSSR count). The molecule has 6 nitrogen and oxygen atoms in total. The molecular weight excluding hydrogens is 380 g/mol. The summed E-state index contributed by atoms with van der Waals surface area (Å²) in [5.41, 5.74) is 3.27. The fourth-order valence-corrected chi connectivity index (χ4v) is 3.83. The molecule has 1 heterocycles. The van der Waals surface area contributed by atoms with Gasteiger partial charge in [-0.25, -0.2) is 0 Å².